The maximum absolute atomic E-state index is 12.2. The van der Waals surface area contributed by atoms with Gasteiger partial charge in [-0.15, -0.1) is 0 Å². The Morgan fingerprint density at radius 2 is 2.00 bits per heavy atom. The molecule has 0 bridgehead atoms. The van der Waals surface area contributed by atoms with Gasteiger partial charge in [0, 0.05) is 11.8 Å². The molecule has 1 N–H and O–H groups in total. The largest absolute Gasteiger partial charge is 0.497 e. The molecule has 0 saturated carbocycles. The van der Waals surface area contributed by atoms with E-state index in [9.17, 15) is 4.79 Å². The third-order valence-corrected chi connectivity index (χ3v) is 3.02. The Bertz CT molecular complexity index is 707. The van der Waals surface area contributed by atoms with Gasteiger partial charge in [0.15, 0.2) is 6.10 Å². The van der Waals surface area contributed by atoms with Crippen LogP contribution in [0.3, 0.4) is 0 Å². The van der Waals surface area contributed by atoms with Crippen LogP contribution in [0.15, 0.2) is 48.5 Å². The lowest BCUT2D eigenvalue weighted by atomic mass is 10.2. The monoisotopic (exact) mass is 296 g/mol. The van der Waals surface area contributed by atoms with Gasteiger partial charge in [-0.1, -0.05) is 18.2 Å². The number of benzene rings is 2. The van der Waals surface area contributed by atoms with E-state index in [0.717, 1.165) is 0 Å². The zero-order valence-corrected chi connectivity index (χ0v) is 12.4. The number of methoxy groups -OCH3 is 1. The second-order valence-electron chi connectivity index (χ2n) is 4.59. The van der Waals surface area contributed by atoms with E-state index in [0.29, 0.717) is 22.7 Å². The molecule has 0 spiro atoms. The van der Waals surface area contributed by atoms with Gasteiger partial charge in [-0.3, -0.25) is 4.79 Å². The molecule has 1 amide bonds. The maximum Gasteiger partial charge on any atom is 0.265 e. The lowest BCUT2D eigenvalue weighted by Gasteiger charge is -2.15. The van der Waals surface area contributed by atoms with E-state index in [1.54, 1.807) is 62.6 Å². The van der Waals surface area contributed by atoms with Crippen molar-refractivity contribution in [2.24, 2.45) is 0 Å². The first kappa shape index (κ1) is 15.4. The molecule has 0 radical (unpaired) electrons. The van der Waals surface area contributed by atoms with Crippen molar-refractivity contribution in [2.75, 3.05) is 12.4 Å². The normalized spacial score (nSPS) is 11.1. The molecule has 112 valence electrons. The number of rotatable bonds is 5. The summed E-state index contributed by atoms with van der Waals surface area (Å²) in [5.41, 5.74) is 1.01. The Balaban J connectivity index is 2.04. The van der Waals surface area contributed by atoms with Crippen LogP contribution in [0.1, 0.15) is 12.5 Å². The Hall–Kier alpha value is -3.00. The number of hydrogen-bond acceptors (Lipinski definition) is 4. The van der Waals surface area contributed by atoms with E-state index in [4.69, 9.17) is 14.7 Å². The molecule has 0 fully saturated rings. The summed E-state index contributed by atoms with van der Waals surface area (Å²) >= 11 is 0. The molecule has 0 aromatic heterocycles. The molecule has 0 aliphatic heterocycles. The van der Waals surface area contributed by atoms with Gasteiger partial charge in [-0.25, -0.2) is 0 Å². The SMILES string of the molecule is COc1cccc(NC(=O)[C@@H](C)Oc2ccccc2C#N)c1. The molecule has 0 saturated heterocycles. The van der Waals surface area contributed by atoms with E-state index in [1.807, 2.05) is 6.07 Å². The highest BCUT2D eigenvalue weighted by atomic mass is 16.5. The Labute approximate surface area is 129 Å². The van der Waals surface area contributed by atoms with Crippen molar-refractivity contribution >= 4 is 11.6 Å². The third-order valence-electron chi connectivity index (χ3n) is 3.02. The minimum Gasteiger partial charge on any atom is -0.497 e. The van der Waals surface area contributed by atoms with Crippen molar-refractivity contribution in [1.82, 2.24) is 0 Å². The minimum atomic E-state index is -0.735. The van der Waals surface area contributed by atoms with Crippen LogP contribution >= 0.6 is 0 Å². The number of para-hydroxylation sites is 1. The number of carbonyl (C=O) groups excluding carboxylic acids is 1. The fourth-order valence-electron chi connectivity index (χ4n) is 1.85. The molecule has 2 rings (SSSR count). The maximum atomic E-state index is 12.2. The van der Waals surface area contributed by atoms with Crippen LogP contribution in [0.2, 0.25) is 0 Å². The van der Waals surface area contributed by atoms with Crippen molar-refractivity contribution in [3.05, 3.63) is 54.1 Å². The summed E-state index contributed by atoms with van der Waals surface area (Å²) in [6, 6.07) is 15.9. The Morgan fingerprint density at radius 3 is 2.73 bits per heavy atom. The van der Waals surface area contributed by atoms with Crippen LogP contribution in [0, 0.1) is 11.3 Å². The van der Waals surface area contributed by atoms with E-state index in [1.165, 1.54) is 0 Å². The van der Waals surface area contributed by atoms with Crippen LogP contribution in [0.4, 0.5) is 5.69 Å². The van der Waals surface area contributed by atoms with Gasteiger partial charge in [-0.2, -0.15) is 5.26 Å². The predicted octanol–water partition coefficient (Wildman–Crippen LogP) is 2.97. The smallest absolute Gasteiger partial charge is 0.265 e. The summed E-state index contributed by atoms with van der Waals surface area (Å²) in [5, 5.41) is 11.8. The predicted molar refractivity (Wildman–Crippen MR) is 82.9 cm³/mol. The highest BCUT2D eigenvalue weighted by molar-refractivity contribution is 5.94. The summed E-state index contributed by atoms with van der Waals surface area (Å²) in [5.74, 6) is 0.737. The standard InChI is InChI=1S/C17H16N2O3/c1-12(22-16-9-4-3-6-13(16)11-18)17(20)19-14-7-5-8-15(10-14)21-2/h3-10,12H,1-2H3,(H,19,20)/t12-/m1/s1. The number of ether oxygens (including phenoxy) is 2. The quantitative estimate of drug-likeness (QED) is 0.920. The van der Waals surface area contributed by atoms with Crippen molar-refractivity contribution in [1.29, 1.82) is 5.26 Å². The first-order valence-electron chi connectivity index (χ1n) is 6.74. The summed E-state index contributed by atoms with van der Waals surface area (Å²) < 4.78 is 10.7. The van der Waals surface area contributed by atoms with E-state index >= 15 is 0 Å². The van der Waals surface area contributed by atoms with Gasteiger partial charge in [0.2, 0.25) is 0 Å². The second-order valence-corrected chi connectivity index (χ2v) is 4.59. The van der Waals surface area contributed by atoms with E-state index < -0.39 is 6.10 Å². The molecule has 0 unspecified atom stereocenters. The molecule has 0 heterocycles. The zero-order chi connectivity index (χ0) is 15.9. The molecule has 1 atom stereocenters. The second kappa shape index (κ2) is 7.14. The summed E-state index contributed by atoms with van der Waals surface area (Å²) in [6.07, 6.45) is -0.735. The van der Waals surface area contributed by atoms with Gasteiger partial charge in [0.25, 0.3) is 5.91 Å². The number of nitriles is 1. The van der Waals surface area contributed by atoms with Crippen LogP contribution in [-0.2, 0) is 4.79 Å². The average Bonchev–Trinajstić information content (AvgIpc) is 2.55. The molecule has 0 aliphatic rings. The van der Waals surface area contributed by atoms with Gasteiger partial charge in [0.05, 0.1) is 12.7 Å². The van der Waals surface area contributed by atoms with Crippen LogP contribution < -0.4 is 14.8 Å². The number of nitrogens with zero attached hydrogens (tertiary/aromatic N) is 1. The summed E-state index contributed by atoms with van der Waals surface area (Å²) in [6.45, 7) is 1.63. The lowest BCUT2D eigenvalue weighted by Crippen LogP contribution is -2.30. The molecule has 2 aromatic rings. The van der Waals surface area contributed by atoms with E-state index in [2.05, 4.69) is 5.32 Å². The first-order valence-corrected chi connectivity index (χ1v) is 6.74. The molecule has 2 aromatic carbocycles. The Kier molecular flexibility index (Phi) is 4.99. The van der Waals surface area contributed by atoms with Gasteiger partial charge in [-0.05, 0) is 31.2 Å². The van der Waals surface area contributed by atoms with Gasteiger partial charge < -0.3 is 14.8 Å². The number of anilines is 1. The van der Waals surface area contributed by atoms with Gasteiger partial charge in [0.1, 0.15) is 17.6 Å². The van der Waals surface area contributed by atoms with Gasteiger partial charge >= 0.3 is 0 Å². The summed E-state index contributed by atoms with van der Waals surface area (Å²) in [4.78, 5) is 12.2. The average molecular weight is 296 g/mol. The zero-order valence-electron chi connectivity index (χ0n) is 12.4. The highest BCUT2D eigenvalue weighted by Gasteiger charge is 2.16. The molecule has 0 aliphatic carbocycles. The van der Waals surface area contributed by atoms with Crippen LogP contribution in [0.25, 0.3) is 0 Å². The topological polar surface area (TPSA) is 71.3 Å². The van der Waals surface area contributed by atoms with Crippen molar-refractivity contribution in [3.63, 3.8) is 0 Å². The highest BCUT2D eigenvalue weighted by Crippen LogP contribution is 2.20. The van der Waals surface area contributed by atoms with Crippen LogP contribution in [-0.4, -0.2) is 19.1 Å². The Morgan fingerprint density at radius 1 is 1.23 bits per heavy atom. The molecular weight excluding hydrogens is 280 g/mol. The molecule has 22 heavy (non-hydrogen) atoms. The fraction of sp³-hybridized carbons (Fsp3) is 0.176. The van der Waals surface area contributed by atoms with Crippen molar-refractivity contribution in [3.8, 4) is 17.6 Å². The summed E-state index contributed by atoms with van der Waals surface area (Å²) in [7, 11) is 1.56. The molecule has 5 heteroatoms. The first-order chi connectivity index (χ1) is 10.6. The fourth-order valence-corrected chi connectivity index (χ4v) is 1.85. The van der Waals surface area contributed by atoms with Crippen molar-refractivity contribution in [2.45, 2.75) is 13.0 Å². The number of carbonyl (C=O) groups is 1. The third kappa shape index (κ3) is 3.76. The van der Waals surface area contributed by atoms with Crippen LogP contribution in [0.5, 0.6) is 11.5 Å². The van der Waals surface area contributed by atoms with E-state index in [-0.39, 0.29) is 5.91 Å². The minimum absolute atomic E-state index is 0.305. The number of hydrogen-bond donors (Lipinski definition) is 1. The number of amides is 1. The number of nitrogens with one attached hydrogen (secondary N) is 1. The lowest BCUT2D eigenvalue weighted by molar-refractivity contribution is -0.122. The van der Waals surface area contributed by atoms with Crippen molar-refractivity contribution < 1.29 is 14.3 Å². The molecule has 5 nitrogen and oxygen atoms in total. The molecular formula is C17H16N2O3.